The molecule has 0 spiro atoms. The number of ether oxygens (including phenoxy) is 1. The van der Waals surface area contributed by atoms with E-state index in [0.29, 0.717) is 5.39 Å². The van der Waals surface area contributed by atoms with Crippen LogP contribution < -0.4 is 10.3 Å². The number of benzene rings is 1. The molecule has 26 heavy (non-hydrogen) atoms. The van der Waals surface area contributed by atoms with E-state index in [4.69, 9.17) is 4.74 Å². The van der Waals surface area contributed by atoms with Crippen molar-refractivity contribution < 1.29 is 14.2 Å². The molecule has 0 amide bonds. The predicted molar refractivity (Wildman–Crippen MR) is 98.4 cm³/mol. The summed E-state index contributed by atoms with van der Waals surface area (Å²) in [5.74, 6) is -0.399. The third-order valence-electron chi connectivity index (χ3n) is 4.62. The molecule has 0 bridgehead atoms. The number of nitrogens with zero attached hydrogens (tertiary/aromatic N) is 2. The van der Waals surface area contributed by atoms with Gasteiger partial charge in [-0.3, -0.25) is 9.36 Å². The van der Waals surface area contributed by atoms with Crippen molar-refractivity contribution in [1.29, 1.82) is 0 Å². The molecule has 0 fully saturated rings. The summed E-state index contributed by atoms with van der Waals surface area (Å²) in [6.07, 6.45) is 4.69. The number of aliphatic hydroxyl groups is 1. The molecule has 2 heterocycles. The van der Waals surface area contributed by atoms with Crippen LogP contribution in [0, 0.1) is 5.82 Å². The van der Waals surface area contributed by atoms with E-state index in [1.807, 2.05) is 0 Å². The second kappa shape index (κ2) is 7.17. The molecule has 5 nitrogen and oxygen atoms in total. The number of fused-ring (bicyclic) bond motifs is 3. The van der Waals surface area contributed by atoms with Gasteiger partial charge in [-0.1, -0.05) is 12.1 Å². The fourth-order valence-electron chi connectivity index (χ4n) is 3.34. The smallest absolute Gasteiger partial charge is 0.262 e. The van der Waals surface area contributed by atoms with Crippen LogP contribution in [0.5, 0.6) is 5.75 Å². The van der Waals surface area contributed by atoms with Crippen molar-refractivity contribution in [2.75, 3.05) is 6.61 Å². The van der Waals surface area contributed by atoms with Crippen molar-refractivity contribution in [3.63, 3.8) is 0 Å². The van der Waals surface area contributed by atoms with Crippen LogP contribution in [0.1, 0.15) is 23.3 Å². The summed E-state index contributed by atoms with van der Waals surface area (Å²) >= 11 is 1.60. The van der Waals surface area contributed by atoms with Gasteiger partial charge in [-0.15, -0.1) is 11.3 Å². The van der Waals surface area contributed by atoms with Crippen LogP contribution in [0.2, 0.25) is 0 Å². The minimum atomic E-state index is -0.944. The van der Waals surface area contributed by atoms with E-state index < -0.39 is 11.9 Å². The maximum absolute atomic E-state index is 13.6. The lowest BCUT2D eigenvalue weighted by atomic mass is 9.97. The Hall–Kier alpha value is -2.25. The Bertz CT molecular complexity index is 998. The van der Waals surface area contributed by atoms with Crippen molar-refractivity contribution in [1.82, 2.24) is 9.55 Å². The number of halogens is 1. The lowest BCUT2D eigenvalue weighted by molar-refractivity contribution is 0.0895. The summed E-state index contributed by atoms with van der Waals surface area (Å²) in [4.78, 5) is 19.3. The third kappa shape index (κ3) is 3.24. The highest BCUT2D eigenvalue weighted by molar-refractivity contribution is 7.18. The second-order valence-corrected chi connectivity index (χ2v) is 7.57. The van der Waals surface area contributed by atoms with Crippen LogP contribution in [0.3, 0.4) is 0 Å². The van der Waals surface area contributed by atoms with E-state index in [1.165, 1.54) is 27.9 Å². The summed E-state index contributed by atoms with van der Waals surface area (Å²) < 4.78 is 20.3. The minimum absolute atomic E-state index is 0.0564. The molecule has 1 N–H and O–H groups in total. The highest BCUT2D eigenvalue weighted by atomic mass is 32.1. The van der Waals surface area contributed by atoms with E-state index in [1.54, 1.807) is 23.5 Å². The van der Waals surface area contributed by atoms with Crippen LogP contribution in [-0.2, 0) is 19.4 Å². The Balaban J connectivity index is 1.52. The zero-order chi connectivity index (χ0) is 18.1. The first kappa shape index (κ1) is 17.2. The Morgan fingerprint density at radius 3 is 2.96 bits per heavy atom. The first-order valence-corrected chi connectivity index (χ1v) is 9.50. The van der Waals surface area contributed by atoms with Gasteiger partial charge in [0.15, 0.2) is 11.6 Å². The summed E-state index contributed by atoms with van der Waals surface area (Å²) in [5, 5.41) is 10.9. The van der Waals surface area contributed by atoms with Gasteiger partial charge in [-0.2, -0.15) is 0 Å². The van der Waals surface area contributed by atoms with Crippen LogP contribution in [0.4, 0.5) is 4.39 Å². The van der Waals surface area contributed by atoms with Crippen molar-refractivity contribution >= 4 is 21.6 Å². The van der Waals surface area contributed by atoms with Gasteiger partial charge in [0, 0.05) is 4.88 Å². The molecule has 136 valence electrons. The maximum Gasteiger partial charge on any atom is 0.262 e. The number of hydrogen-bond acceptors (Lipinski definition) is 5. The molecular formula is C19H19FN2O3S. The highest BCUT2D eigenvalue weighted by Crippen LogP contribution is 2.33. The number of aryl methyl sites for hydroxylation is 2. The number of aliphatic hydroxyl groups excluding tert-OH is 1. The molecule has 0 unspecified atom stereocenters. The van der Waals surface area contributed by atoms with Crippen LogP contribution in [0.25, 0.3) is 10.2 Å². The molecule has 3 aromatic rings. The molecule has 0 aliphatic heterocycles. The first-order valence-electron chi connectivity index (χ1n) is 8.68. The van der Waals surface area contributed by atoms with E-state index in [0.717, 1.165) is 36.1 Å². The number of aromatic nitrogens is 2. The van der Waals surface area contributed by atoms with Gasteiger partial charge in [-0.05, 0) is 43.4 Å². The molecule has 7 heteroatoms. The second-order valence-electron chi connectivity index (χ2n) is 6.49. The topological polar surface area (TPSA) is 64.4 Å². The molecule has 0 saturated heterocycles. The van der Waals surface area contributed by atoms with Gasteiger partial charge >= 0.3 is 0 Å². The van der Waals surface area contributed by atoms with E-state index in [9.17, 15) is 14.3 Å². The van der Waals surface area contributed by atoms with E-state index >= 15 is 0 Å². The van der Waals surface area contributed by atoms with E-state index in [-0.39, 0.29) is 24.5 Å². The van der Waals surface area contributed by atoms with Crippen molar-refractivity contribution in [3.05, 3.63) is 57.2 Å². The van der Waals surface area contributed by atoms with Crippen molar-refractivity contribution in [2.45, 2.75) is 38.3 Å². The molecule has 0 radical (unpaired) electrons. The molecule has 1 aliphatic carbocycles. The van der Waals surface area contributed by atoms with Crippen molar-refractivity contribution in [2.24, 2.45) is 0 Å². The average molecular weight is 374 g/mol. The molecule has 1 aromatic carbocycles. The summed E-state index contributed by atoms with van der Waals surface area (Å²) in [7, 11) is 0. The van der Waals surface area contributed by atoms with Gasteiger partial charge in [-0.25, -0.2) is 9.37 Å². The number of hydrogen-bond donors (Lipinski definition) is 1. The average Bonchev–Trinajstić information content (AvgIpc) is 3.03. The highest BCUT2D eigenvalue weighted by Gasteiger charge is 2.20. The Morgan fingerprint density at radius 1 is 1.31 bits per heavy atom. The minimum Gasteiger partial charge on any atom is -0.488 e. The van der Waals surface area contributed by atoms with Crippen molar-refractivity contribution in [3.8, 4) is 5.75 Å². The fourth-order valence-corrected chi connectivity index (χ4v) is 4.56. The number of thiophene rings is 1. The number of para-hydroxylation sites is 1. The zero-order valence-corrected chi connectivity index (χ0v) is 15.0. The Kier molecular flexibility index (Phi) is 4.74. The monoisotopic (exact) mass is 374 g/mol. The van der Waals surface area contributed by atoms with E-state index in [2.05, 4.69) is 4.98 Å². The number of rotatable bonds is 5. The first-order chi connectivity index (χ1) is 12.6. The van der Waals surface area contributed by atoms with Crippen LogP contribution in [-0.4, -0.2) is 27.4 Å². The SMILES string of the molecule is O=c1c2c3c(sc2ncn1C[C@H](O)COc1ccccc1F)CCCC3. The van der Waals surface area contributed by atoms with Gasteiger partial charge in [0.2, 0.25) is 0 Å². The molecule has 2 aromatic heterocycles. The van der Waals surface area contributed by atoms with Gasteiger partial charge in [0.05, 0.1) is 18.3 Å². The third-order valence-corrected chi connectivity index (χ3v) is 5.82. The molecule has 4 rings (SSSR count). The van der Waals surface area contributed by atoms with Gasteiger partial charge in [0.1, 0.15) is 17.5 Å². The fraction of sp³-hybridized carbons (Fsp3) is 0.368. The molecule has 1 aliphatic rings. The summed E-state index contributed by atoms with van der Waals surface area (Å²) in [6.45, 7) is -0.0476. The Morgan fingerprint density at radius 2 is 2.12 bits per heavy atom. The maximum atomic E-state index is 13.6. The molecular weight excluding hydrogens is 355 g/mol. The van der Waals surface area contributed by atoms with Gasteiger partial charge < -0.3 is 9.84 Å². The van der Waals surface area contributed by atoms with Crippen LogP contribution >= 0.6 is 11.3 Å². The van der Waals surface area contributed by atoms with Crippen LogP contribution in [0.15, 0.2) is 35.4 Å². The normalized spacial score (nSPS) is 15.0. The standard InChI is InChI=1S/C19H19FN2O3S/c20-14-6-2-3-7-15(14)25-10-12(23)9-22-11-21-18-17(19(22)24)13-5-1-4-8-16(13)26-18/h2-3,6-7,11-12,23H,1,4-5,8-10H2/t12-/m0/s1. The zero-order valence-electron chi connectivity index (χ0n) is 14.2. The Labute approximate surface area is 153 Å². The lowest BCUT2D eigenvalue weighted by Crippen LogP contribution is -2.30. The summed E-state index contributed by atoms with van der Waals surface area (Å²) in [5.41, 5.74) is 1.000. The lowest BCUT2D eigenvalue weighted by Gasteiger charge is -2.14. The van der Waals surface area contributed by atoms with Gasteiger partial charge in [0.25, 0.3) is 5.56 Å². The predicted octanol–water partition coefficient (Wildman–Crippen LogP) is 2.92. The quantitative estimate of drug-likeness (QED) is 0.746. The summed E-state index contributed by atoms with van der Waals surface area (Å²) in [6, 6.07) is 6.02. The molecule has 0 saturated carbocycles. The largest absolute Gasteiger partial charge is 0.488 e. The molecule has 1 atom stereocenters.